The van der Waals surface area contributed by atoms with E-state index < -0.39 is 23.6 Å². The Hall–Kier alpha value is -1.10. The minimum absolute atomic E-state index is 0.0209. The van der Waals surface area contributed by atoms with Crippen molar-refractivity contribution in [3.63, 3.8) is 0 Å². The first kappa shape index (κ1) is 15.0. The second-order valence-electron chi connectivity index (χ2n) is 6.17. The van der Waals surface area contributed by atoms with Gasteiger partial charge >= 0.3 is 11.9 Å². The average Bonchev–Trinajstić information content (AvgIpc) is 2.62. The van der Waals surface area contributed by atoms with Crippen LogP contribution in [-0.2, 0) is 19.1 Å². The largest absolute Gasteiger partial charge is 0.463 e. The van der Waals surface area contributed by atoms with Gasteiger partial charge < -0.3 is 14.8 Å². The van der Waals surface area contributed by atoms with Gasteiger partial charge in [0.25, 0.3) is 0 Å². The molecule has 104 valence electrons. The third-order valence-electron chi connectivity index (χ3n) is 3.02. The van der Waals surface area contributed by atoms with Gasteiger partial charge in [0, 0.05) is 6.42 Å². The van der Waals surface area contributed by atoms with E-state index in [9.17, 15) is 9.59 Å². The number of carbonyl (C=O) groups excluding carboxylic acids is 2. The van der Waals surface area contributed by atoms with Gasteiger partial charge in [0.2, 0.25) is 6.10 Å². The number of nitrogens with one attached hydrogen (secondary N) is 1. The van der Waals surface area contributed by atoms with Gasteiger partial charge in [0.15, 0.2) is 0 Å². The van der Waals surface area contributed by atoms with Gasteiger partial charge in [-0.1, -0.05) is 20.8 Å². The fourth-order valence-electron chi connectivity index (χ4n) is 2.17. The molecule has 0 aliphatic carbocycles. The average molecular weight is 257 g/mol. The highest BCUT2D eigenvalue weighted by atomic mass is 16.6. The Morgan fingerprint density at radius 3 is 2.44 bits per heavy atom. The molecule has 1 heterocycles. The zero-order valence-electron chi connectivity index (χ0n) is 11.8. The molecular weight excluding hydrogens is 234 g/mol. The molecule has 1 fully saturated rings. The lowest BCUT2D eigenvalue weighted by Crippen LogP contribution is -2.52. The molecule has 1 N–H and O–H groups in total. The molecule has 0 aromatic rings. The summed E-state index contributed by atoms with van der Waals surface area (Å²) in [5.41, 5.74) is -0.811. The highest BCUT2D eigenvalue weighted by molar-refractivity contribution is 5.85. The molecule has 1 aliphatic heterocycles. The maximum atomic E-state index is 12.2. The van der Waals surface area contributed by atoms with Crippen LogP contribution in [0.15, 0.2) is 0 Å². The Balaban J connectivity index is 2.69. The lowest BCUT2D eigenvalue weighted by molar-refractivity contribution is -0.165. The third-order valence-corrected chi connectivity index (χ3v) is 3.02. The molecule has 0 bridgehead atoms. The van der Waals surface area contributed by atoms with Crippen LogP contribution in [0.1, 0.15) is 40.5 Å². The molecular formula is C13H23NO4. The van der Waals surface area contributed by atoms with Crippen molar-refractivity contribution in [1.82, 2.24) is 5.32 Å². The Kier molecular flexibility index (Phi) is 4.37. The van der Waals surface area contributed by atoms with E-state index in [1.165, 1.54) is 0 Å². The number of likely N-dealkylation sites (N-methyl/N-ethyl adjacent to an activating group) is 1. The fourth-order valence-corrected chi connectivity index (χ4v) is 2.17. The van der Waals surface area contributed by atoms with Crippen molar-refractivity contribution in [1.29, 1.82) is 0 Å². The van der Waals surface area contributed by atoms with Crippen molar-refractivity contribution >= 4 is 11.9 Å². The quantitative estimate of drug-likeness (QED) is 0.768. The zero-order valence-corrected chi connectivity index (χ0v) is 11.8. The normalized spacial score (nSPS) is 23.4. The maximum Gasteiger partial charge on any atom is 0.347 e. The molecule has 18 heavy (non-hydrogen) atoms. The van der Waals surface area contributed by atoms with Gasteiger partial charge in [0.1, 0.15) is 5.54 Å². The molecule has 0 amide bonds. The topological polar surface area (TPSA) is 64.6 Å². The summed E-state index contributed by atoms with van der Waals surface area (Å²) >= 11 is 0. The van der Waals surface area contributed by atoms with Crippen LogP contribution >= 0.6 is 0 Å². The van der Waals surface area contributed by atoms with E-state index in [1.807, 2.05) is 0 Å². The van der Waals surface area contributed by atoms with Crippen molar-refractivity contribution in [3.05, 3.63) is 0 Å². The van der Waals surface area contributed by atoms with Crippen LogP contribution in [0.25, 0.3) is 0 Å². The summed E-state index contributed by atoms with van der Waals surface area (Å²) in [4.78, 5) is 23.5. The first-order valence-corrected chi connectivity index (χ1v) is 6.24. The number of esters is 2. The van der Waals surface area contributed by atoms with Crippen molar-refractivity contribution in [3.8, 4) is 0 Å². The van der Waals surface area contributed by atoms with Gasteiger partial charge in [-0.2, -0.15) is 0 Å². The number of rotatable bonds is 4. The van der Waals surface area contributed by atoms with Gasteiger partial charge in [0.05, 0.1) is 6.61 Å². The van der Waals surface area contributed by atoms with E-state index in [-0.39, 0.29) is 5.41 Å². The molecule has 1 aliphatic rings. The number of hydrogen-bond acceptors (Lipinski definition) is 5. The maximum absolute atomic E-state index is 12.2. The SMILES string of the molecule is CNC(C)(CC(C)(C)C)C(=O)OC1CCOC1=O. The van der Waals surface area contributed by atoms with Crippen LogP contribution in [-0.4, -0.2) is 37.2 Å². The standard InChI is InChI=1S/C13H23NO4/c1-12(2,3)8-13(4,14-5)11(16)18-9-6-7-17-10(9)15/h9,14H,6-8H2,1-5H3. The summed E-state index contributed by atoms with van der Waals surface area (Å²) in [7, 11) is 1.72. The van der Waals surface area contributed by atoms with E-state index >= 15 is 0 Å². The van der Waals surface area contributed by atoms with Gasteiger partial charge in [-0.25, -0.2) is 4.79 Å². The van der Waals surface area contributed by atoms with Crippen LogP contribution in [0.3, 0.4) is 0 Å². The predicted molar refractivity (Wildman–Crippen MR) is 67.0 cm³/mol. The van der Waals surface area contributed by atoms with Gasteiger partial charge in [-0.05, 0) is 25.8 Å². The Labute approximate surface area is 108 Å². The third kappa shape index (κ3) is 3.70. The fraction of sp³-hybridized carbons (Fsp3) is 0.846. The monoisotopic (exact) mass is 257 g/mol. The molecule has 0 aromatic heterocycles. The van der Waals surface area contributed by atoms with Crippen molar-refractivity contribution in [2.75, 3.05) is 13.7 Å². The molecule has 1 saturated heterocycles. The molecule has 0 aromatic carbocycles. The second-order valence-corrected chi connectivity index (χ2v) is 6.17. The smallest absolute Gasteiger partial charge is 0.347 e. The summed E-state index contributed by atoms with van der Waals surface area (Å²) in [6.07, 6.45) is 0.321. The minimum Gasteiger partial charge on any atom is -0.463 e. The Morgan fingerprint density at radius 1 is 1.44 bits per heavy atom. The van der Waals surface area contributed by atoms with Crippen LogP contribution in [0.2, 0.25) is 0 Å². The van der Waals surface area contributed by atoms with Gasteiger partial charge in [-0.15, -0.1) is 0 Å². The van der Waals surface area contributed by atoms with E-state index in [1.54, 1.807) is 14.0 Å². The second kappa shape index (κ2) is 5.26. The summed E-state index contributed by atoms with van der Waals surface area (Å²) in [5.74, 6) is -0.846. The molecule has 2 unspecified atom stereocenters. The first-order valence-electron chi connectivity index (χ1n) is 6.24. The van der Waals surface area contributed by atoms with Crippen molar-refractivity contribution in [2.24, 2.45) is 5.41 Å². The summed E-state index contributed by atoms with van der Waals surface area (Å²) < 4.78 is 10.0. The van der Waals surface area contributed by atoms with E-state index in [0.717, 1.165) is 0 Å². The number of carbonyl (C=O) groups is 2. The molecule has 5 nitrogen and oxygen atoms in total. The molecule has 0 saturated carbocycles. The Morgan fingerprint density at radius 2 is 2.06 bits per heavy atom. The van der Waals surface area contributed by atoms with Crippen molar-refractivity contribution < 1.29 is 19.1 Å². The van der Waals surface area contributed by atoms with Crippen LogP contribution in [0, 0.1) is 5.41 Å². The highest BCUT2D eigenvalue weighted by Crippen LogP contribution is 2.28. The number of cyclic esters (lactones) is 1. The highest BCUT2D eigenvalue weighted by Gasteiger charge is 2.40. The summed E-state index contributed by atoms with van der Waals surface area (Å²) in [6, 6.07) is 0. The van der Waals surface area contributed by atoms with E-state index in [0.29, 0.717) is 19.4 Å². The van der Waals surface area contributed by atoms with Crippen LogP contribution in [0.4, 0.5) is 0 Å². The molecule has 0 spiro atoms. The molecule has 5 heteroatoms. The zero-order chi connectivity index (χ0) is 14.0. The lowest BCUT2D eigenvalue weighted by Gasteiger charge is -2.33. The van der Waals surface area contributed by atoms with Crippen molar-refractivity contribution in [2.45, 2.75) is 52.2 Å². The predicted octanol–water partition coefficient (Wildman–Crippen LogP) is 1.26. The summed E-state index contributed by atoms with van der Waals surface area (Å²) in [6.45, 7) is 8.28. The Bertz CT molecular complexity index is 334. The van der Waals surface area contributed by atoms with Crippen LogP contribution in [0.5, 0.6) is 0 Å². The molecule has 0 radical (unpaired) electrons. The van der Waals surface area contributed by atoms with E-state index in [2.05, 4.69) is 26.1 Å². The minimum atomic E-state index is -0.791. The van der Waals surface area contributed by atoms with Gasteiger partial charge in [-0.3, -0.25) is 4.79 Å². The molecule has 2 atom stereocenters. The first-order chi connectivity index (χ1) is 8.18. The number of hydrogen-bond donors (Lipinski definition) is 1. The summed E-state index contributed by atoms with van der Waals surface area (Å²) in [5, 5.41) is 3.00. The lowest BCUT2D eigenvalue weighted by atomic mass is 9.81. The molecule has 1 rings (SSSR count). The van der Waals surface area contributed by atoms with Crippen LogP contribution < -0.4 is 5.32 Å². The van der Waals surface area contributed by atoms with E-state index in [4.69, 9.17) is 9.47 Å². The number of ether oxygens (including phenoxy) is 2.